The van der Waals surface area contributed by atoms with Crippen molar-refractivity contribution >= 4 is 21.6 Å². The summed E-state index contributed by atoms with van der Waals surface area (Å²) in [5.41, 5.74) is 2.49. The summed E-state index contributed by atoms with van der Waals surface area (Å²) >= 11 is 1.62. The summed E-state index contributed by atoms with van der Waals surface area (Å²) in [6.45, 7) is 0. The fraction of sp³-hybridized carbons (Fsp3) is 0.133. The average Bonchev–Trinajstić information content (AvgIpc) is 2.93. The molecule has 0 bridgehead atoms. The number of benzene rings is 1. The van der Waals surface area contributed by atoms with Crippen molar-refractivity contribution in [1.82, 2.24) is 4.98 Å². The molecule has 2 heterocycles. The second-order valence-electron chi connectivity index (χ2n) is 4.22. The molecular weight excluding hydrogens is 258 g/mol. The molecule has 1 unspecified atom stereocenters. The van der Waals surface area contributed by atoms with E-state index in [9.17, 15) is 5.11 Å². The van der Waals surface area contributed by atoms with E-state index in [1.54, 1.807) is 24.6 Å². The van der Waals surface area contributed by atoms with Gasteiger partial charge in [-0.1, -0.05) is 18.2 Å². The van der Waals surface area contributed by atoms with Crippen LogP contribution in [0.5, 0.6) is 5.75 Å². The van der Waals surface area contributed by atoms with Crippen LogP contribution in [-0.4, -0.2) is 17.2 Å². The third kappa shape index (κ3) is 2.20. The van der Waals surface area contributed by atoms with Crippen molar-refractivity contribution in [1.29, 1.82) is 0 Å². The van der Waals surface area contributed by atoms with E-state index in [0.717, 1.165) is 21.3 Å². The predicted molar refractivity (Wildman–Crippen MR) is 76.7 cm³/mol. The van der Waals surface area contributed by atoms with Gasteiger partial charge < -0.3 is 9.84 Å². The van der Waals surface area contributed by atoms with Gasteiger partial charge in [0.25, 0.3) is 0 Å². The number of ether oxygens (including phenoxy) is 1. The van der Waals surface area contributed by atoms with Gasteiger partial charge in [-0.15, -0.1) is 11.3 Å². The Morgan fingerprint density at radius 1 is 1.26 bits per heavy atom. The number of nitrogens with zero attached hydrogens (tertiary/aromatic N) is 1. The number of thiophene rings is 1. The first kappa shape index (κ1) is 12.1. The molecule has 4 heteroatoms. The number of aliphatic hydroxyl groups is 1. The molecule has 0 radical (unpaired) electrons. The largest absolute Gasteiger partial charge is 0.496 e. The van der Waals surface area contributed by atoms with E-state index in [0.29, 0.717) is 5.75 Å². The summed E-state index contributed by atoms with van der Waals surface area (Å²) in [6, 6.07) is 11.4. The lowest BCUT2D eigenvalue weighted by molar-refractivity contribution is 0.214. The Morgan fingerprint density at radius 3 is 2.95 bits per heavy atom. The highest BCUT2D eigenvalue weighted by Gasteiger charge is 2.15. The van der Waals surface area contributed by atoms with Crippen molar-refractivity contribution in [2.24, 2.45) is 0 Å². The molecule has 3 nitrogen and oxygen atoms in total. The van der Waals surface area contributed by atoms with Crippen LogP contribution in [0.25, 0.3) is 10.2 Å². The molecule has 0 saturated carbocycles. The van der Waals surface area contributed by atoms with Crippen LogP contribution < -0.4 is 4.74 Å². The van der Waals surface area contributed by atoms with Crippen LogP contribution in [-0.2, 0) is 0 Å². The average molecular weight is 271 g/mol. The molecule has 0 aliphatic heterocycles. The summed E-state index contributed by atoms with van der Waals surface area (Å²) in [6.07, 6.45) is 0.988. The van der Waals surface area contributed by atoms with E-state index in [2.05, 4.69) is 4.98 Å². The lowest BCUT2D eigenvalue weighted by atomic mass is 10.0. The van der Waals surface area contributed by atoms with Crippen molar-refractivity contribution in [2.45, 2.75) is 6.10 Å². The van der Waals surface area contributed by atoms with E-state index < -0.39 is 6.10 Å². The van der Waals surface area contributed by atoms with Gasteiger partial charge in [-0.25, -0.2) is 0 Å². The van der Waals surface area contributed by atoms with Crippen LogP contribution in [0, 0.1) is 0 Å². The minimum atomic E-state index is -0.727. The molecule has 0 amide bonds. The lowest BCUT2D eigenvalue weighted by Gasteiger charge is -2.14. The minimum Gasteiger partial charge on any atom is -0.496 e. The molecule has 1 atom stereocenters. The normalized spacial score (nSPS) is 12.5. The molecule has 0 spiro atoms. The first-order valence-corrected chi connectivity index (χ1v) is 6.81. The van der Waals surface area contributed by atoms with E-state index in [1.807, 2.05) is 41.8 Å². The van der Waals surface area contributed by atoms with Crippen molar-refractivity contribution in [3.63, 3.8) is 0 Å². The van der Waals surface area contributed by atoms with Crippen LogP contribution in [0.2, 0.25) is 0 Å². The van der Waals surface area contributed by atoms with Crippen LogP contribution in [0.1, 0.15) is 17.2 Å². The summed E-state index contributed by atoms with van der Waals surface area (Å²) in [5, 5.41) is 12.5. The maximum Gasteiger partial charge on any atom is 0.125 e. The molecular formula is C15H13NO2S. The maximum absolute atomic E-state index is 10.5. The highest BCUT2D eigenvalue weighted by Crippen LogP contribution is 2.31. The molecule has 1 N–H and O–H groups in total. The number of hydrogen-bond donors (Lipinski definition) is 1. The van der Waals surface area contributed by atoms with E-state index >= 15 is 0 Å². The van der Waals surface area contributed by atoms with Crippen LogP contribution in [0.3, 0.4) is 0 Å². The van der Waals surface area contributed by atoms with E-state index in [1.165, 1.54) is 0 Å². The summed E-state index contributed by atoms with van der Waals surface area (Å²) in [4.78, 5) is 4.35. The number of aliphatic hydroxyl groups excluding tert-OH is 1. The molecule has 0 aliphatic carbocycles. The second-order valence-corrected chi connectivity index (χ2v) is 5.16. The summed E-state index contributed by atoms with van der Waals surface area (Å²) < 4.78 is 6.36. The molecule has 1 aromatic carbocycles. The van der Waals surface area contributed by atoms with Crippen LogP contribution in [0.4, 0.5) is 0 Å². The van der Waals surface area contributed by atoms with Crippen molar-refractivity contribution in [3.05, 3.63) is 59.1 Å². The van der Waals surface area contributed by atoms with Gasteiger partial charge in [0, 0.05) is 17.3 Å². The van der Waals surface area contributed by atoms with Crippen LogP contribution in [0.15, 0.2) is 48.0 Å². The van der Waals surface area contributed by atoms with E-state index in [4.69, 9.17) is 4.74 Å². The number of rotatable bonds is 3. The monoisotopic (exact) mass is 271 g/mol. The number of hydrogen-bond acceptors (Lipinski definition) is 4. The molecule has 0 aliphatic rings. The van der Waals surface area contributed by atoms with Crippen LogP contribution >= 0.6 is 11.3 Å². The Morgan fingerprint density at radius 2 is 2.11 bits per heavy atom. The zero-order valence-corrected chi connectivity index (χ0v) is 11.2. The predicted octanol–water partition coefficient (Wildman–Crippen LogP) is 3.39. The van der Waals surface area contributed by atoms with Gasteiger partial charge in [0.1, 0.15) is 11.9 Å². The smallest absolute Gasteiger partial charge is 0.125 e. The third-order valence-corrected chi connectivity index (χ3v) is 3.93. The highest BCUT2D eigenvalue weighted by molar-refractivity contribution is 7.17. The fourth-order valence-electron chi connectivity index (χ4n) is 2.08. The van der Waals surface area contributed by atoms with Crippen molar-refractivity contribution in [3.8, 4) is 5.75 Å². The molecule has 96 valence electrons. The minimum absolute atomic E-state index is 0.682. The first-order valence-electron chi connectivity index (χ1n) is 5.93. The second kappa shape index (κ2) is 4.99. The Kier molecular flexibility index (Phi) is 3.19. The highest BCUT2D eigenvalue weighted by atomic mass is 32.1. The standard InChI is InChI=1S/C15H13NO2S/c1-18-13-5-3-2-4-11(13)15(17)10-8-14-12(16-9-10)6-7-19-14/h2-9,15,17H,1H3. The van der Waals surface area contributed by atoms with Gasteiger partial charge >= 0.3 is 0 Å². The first-order chi connectivity index (χ1) is 9.29. The zero-order chi connectivity index (χ0) is 13.2. The molecule has 0 saturated heterocycles. The number of para-hydroxylation sites is 1. The Labute approximate surface area is 115 Å². The fourth-order valence-corrected chi connectivity index (χ4v) is 2.87. The SMILES string of the molecule is COc1ccccc1C(O)c1cnc2ccsc2c1. The van der Waals surface area contributed by atoms with Gasteiger partial charge in [0.2, 0.25) is 0 Å². The van der Waals surface area contributed by atoms with E-state index in [-0.39, 0.29) is 0 Å². The van der Waals surface area contributed by atoms with Gasteiger partial charge in [0.15, 0.2) is 0 Å². The van der Waals surface area contributed by atoms with Crippen molar-refractivity contribution < 1.29 is 9.84 Å². The number of pyridine rings is 1. The molecule has 2 aromatic heterocycles. The zero-order valence-electron chi connectivity index (χ0n) is 10.4. The molecule has 3 aromatic rings. The lowest BCUT2D eigenvalue weighted by Crippen LogP contribution is -2.02. The third-order valence-electron chi connectivity index (χ3n) is 3.07. The molecule has 0 fully saturated rings. The summed E-state index contributed by atoms with van der Waals surface area (Å²) in [7, 11) is 1.60. The summed E-state index contributed by atoms with van der Waals surface area (Å²) in [5.74, 6) is 0.682. The Balaban J connectivity index is 2.04. The maximum atomic E-state index is 10.5. The van der Waals surface area contributed by atoms with Gasteiger partial charge in [0.05, 0.1) is 17.3 Å². The molecule has 19 heavy (non-hydrogen) atoms. The quantitative estimate of drug-likeness (QED) is 0.794. The van der Waals surface area contributed by atoms with Crippen molar-refractivity contribution in [2.75, 3.05) is 7.11 Å². The van der Waals surface area contributed by atoms with Gasteiger partial charge in [-0.3, -0.25) is 4.98 Å². The number of methoxy groups -OCH3 is 1. The Hall–Kier alpha value is -1.91. The van der Waals surface area contributed by atoms with Gasteiger partial charge in [-0.05, 0) is 23.6 Å². The molecule has 3 rings (SSSR count). The topological polar surface area (TPSA) is 42.4 Å². The van der Waals surface area contributed by atoms with Gasteiger partial charge in [-0.2, -0.15) is 0 Å². The number of fused-ring (bicyclic) bond motifs is 1. The Bertz CT molecular complexity index is 708. The number of aromatic nitrogens is 1.